The maximum atomic E-state index is 13.3. The van der Waals surface area contributed by atoms with Crippen molar-refractivity contribution in [3.63, 3.8) is 0 Å². The summed E-state index contributed by atoms with van der Waals surface area (Å²) in [5.74, 6) is 1.20. The van der Waals surface area contributed by atoms with E-state index in [1.807, 2.05) is 19.1 Å². The van der Waals surface area contributed by atoms with Crippen LogP contribution in [0.5, 0.6) is 17.2 Å². The highest BCUT2D eigenvalue weighted by Gasteiger charge is 2.38. The molecule has 2 aromatic carbocycles. The number of ketones is 1. The Kier molecular flexibility index (Phi) is 5.72. The van der Waals surface area contributed by atoms with Crippen molar-refractivity contribution in [2.24, 2.45) is 0 Å². The summed E-state index contributed by atoms with van der Waals surface area (Å²) < 4.78 is 16.4. The molecule has 6 nitrogen and oxygen atoms in total. The van der Waals surface area contributed by atoms with Crippen LogP contribution in [0.4, 0.5) is 0 Å². The van der Waals surface area contributed by atoms with Crippen LogP contribution in [0, 0.1) is 6.92 Å². The molecule has 1 N–H and O–H groups in total. The molecule has 0 radical (unpaired) electrons. The van der Waals surface area contributed by atoms with Gasteiger partial charge in [0, 0.05) is 30.0 Å². The third-order valence-corrected chi connectivity index (χ3v) is 6.17. The molecule has 31 heavy (non-hydrogen) atoms. The molecule has 0 saturated heterocycles. The molecular weight excluding hydrogens is 394 g/mol. The molecule has 4 rings (SSSR count). The Labute approximate surface area is 182 Å². The van der Waals surface area contributed by atoms with Crippen LogP contribution in [0.15, 0.2) is 47.7 Å². The van der Waals surface area contributed by atoms with Gasteiger partial charge in [-0.1, -0.05) is 29.8 Å². The van der Waals surface area contributed by atoms with Crippen molar-refractivity contribution in [3.8, 4) is 17.2 Å². The van der Waals surface area contributed by atoms with Gasteiger partial charge in [0.25, 0.3) is 0 Å². The number of allylic oxidation sites excluding steroid dienone is 2. The third kappa shape index (κ3) is 3.90. The van der Waals surface area contributed by atoms with Gasteiger partial charge in [-0.3, -0.25) is 9.59 Å². The number of rotatable bonds is 5. The lowest BCUT2D eigenvalue weighted by atomic mass is 9.73. The zero-order valence-electron chi connectivity index (χ0n) is 18.3. The summed E-state index contributed by atoms with van der Waals surface area (Å²) >= 11 is 0. The number of nitrogens with one attached hydrogen (secondary N) is 1. The van der Waals surface area contributed by atoms with Crippen molar-refractivity contribution in [1.29, 1.82) is 0 Å². The summed E-state index contributed by atoms with van der Waals surface area (Å²) in [6.07, 6.45) is 1.27. The smallest absolute Gasteiger partial charge is 0.225 e. The van der Waals surface area contributed by atoms with Crippen LogP contribution in [-0.2, 0) is 9.59 Å². The molecule has 0 fully saturated rings. The minimum Gasteiger partial charge on any atom is -0.493 e. The van der Waals surface area contributed by atoms with Gasteiger partial charge in [-0.05, 0) is 42.5 Å². The number of Topliss-reactive ketones (excluding diaryl/α,β-unsaturated/α-hetero) is 1. The molecule has 1 heterocycles. The predicted octanol–water partition coefficient (Wildman–Crippen LogP) is 4.03. The lowest BCUT2D eigenvalue weighted by Gasteiger charge is -2.34. The topological polar surface area (TPSA) is 73.9 Å². The molecule has 0 bridgehead atoms. The average molecular weight is 421 g/mol. The fourth-order valence-electron chi connectivity index (χ4n) is 4.62. The van der Waals surface area contributed by atoms with E-state index in [2.05, 4.69) is 29.6 Å². The number of hydrogen-bond acceptors (Lipinski definition) is 5. The molecule has 0 spiro atoms. The number of carbonyl (C=O) groups is 2. The maximum Gasteiger partial charge on any atom is 0.225 e. The molecule has 0 aromatic heterocycles. The zero-order valence-corrected chi connectivity index (χ0v) is 18.3. The Morgan fingerprint density at radius 2 is 1.48 bits per heavy atom. The number of hydrogen-bond donors (Lipinski definition) is 1. The van der Waals surface area contributed by atoms with Gasteiger partial charge in [-0.25, -0.2) is 0 Å². The molecule has 6 heteroatoms. The van der Waals surface area contributed by atoms with Gasteiger partial charge in [0.1, 0.15) is 0 Å². The van der Waals surface area contributed by atoms with Gasteiger partial charge in [-0.2, -0.15) is 0 Å². The second-order valence-corrected chi connectivity index (χ2v) is 8.09. The van der Waals surface area contributed by atoms with Crippen LogP contribution in [0.1, 0.15) is 47.8 Å². The largest absolute Gasteiger partial charge is 0.493 e. The Bertz CT molecular complexity index is 1030. The Hall–Kier alpha value is -3.28. The summed E-state index contributed by atoms with van der Waals surface area (Å²) in [6, 6.07) is 11.9. The molecule has 1 aliphatic carbocycles. The second-order valence-electron chi connectivity index (χ2n) is 8.09. The van der Waals surface area contributed by atoms with E-state index in [0.29, 0.717) is 35.7 Å². The molecule has 1 amide bonds. The van der Waals surface area contributed by atoms with Crippen molar-refractivity contribution in [3.05, 3.63) is 64.4 Å². The molecule has 2 aliphatic rings. The van der Waals surface area contributed by atoms with Crippen LogP contribution < -0.4 is 19.5 Å². The van der Waals surface area contributed by atoms with Crippen molar-refractivity contribution in [2.45, 2.75) is 38.0 Å². The van der Waals surface area contributed by atoms with E-state index in [4.69, 9.17) is 14.2 Å². The van der Waals surface area contributed by atoms with Crippen LogP contribution >= 0.6 is 0 Å². The number of benzene rings is 2. The minimum atomic E-state index is -0.344. The first-order valence-electron chi connectivity index (χ1n) is 10.4. The number of ether oxygens (including phenoxy) is 3. The molecule has 2 unspecified atom stereocenters. The second kappa shape index (κ2) is 8.46. The first-order chi connectivity index (χ1) is 14.9. The summed E-state index contributed by atoms with van der Waals surface area (Å²) in [5.41, 5.74) is 4.53. The minimum absolute atomic E-state index is 0.0610. The van der Waals surface area contributed by atoms with E-state index in [9.17, 15) is 9.59 Å². The molecular formula is C25H27NO5. The highest BCUT2D eigenvalue weighted by molar-refractivity contribution is 6.02. The Morgan fingerprint density at radius 1 is 0.839 bits per heavy atom. The van der Waals surface area contributed by atoms with Gasteiger partial charge in [0.15, 0.2) is 17.3 Å². The van der Waals surface area contributed by atoms with Gasteiger partial charge in [-0.15, -0.1) is 0 Å². The lowest BCUT2D eigenvalue weighted by Crippen LogP contribution is -2.38. The first-order valence-corrected chi connectivity index (χ1v) is 10.4. The highest BCUT2D eigenvalue weighted by Crippen LogP contribution is 2.46. The van der Waals surface area contributed by atoms with Gasteiger partial charge < -0.3 is 19.5 Å². The van der Waals surface area contributed by atoms with E-state index in [0.717, 1.165) is 16.8 Å². The maximum absolute atomic E-state index is 13.3. The number of aryl methyl sites for hydroxylation is 1. The lowest BCUT2D eigenvalue weighted by molar-refractivity contribution is -0.122. The molecule has 2 atom stereocenters. The zero-order chi connectivity index (χ0) is 22.1. The standard InChI is InChI=1S/C25H27NO5/c1-14-5-7-15(8-6-14)16-9-19-24(20(27)10-16)18(13-23(28)26-19)17-11-21(29-2)25(31-4)22(12-17)30-3/h5-8,11-12,16,18H,9-10,13H2,1-4H3,(H,26,28). The predicted molar refractivity (Wildman–Crippen MR) is 117 cm³/mol. The van der Waals surface area contributed by atoms with E-state index in [-0.39, 0.29) is 29.9 Å². The van der Waals surface area contributed by atoms with E-state index >= 15 is 0 Å². The monoisotopic (exact) mass is 421 g/mol. The fourth-order valence-corrected chi connectivity index (χ4v) is 4.62. The molecule has 0 saturated carbocycles. The highest BCUT2D eigenvalue weighted by atomic mass is 16.5. The summed E-state index contributed by atoms with van der Waals surface area (Å²) in [7, 11) is 4.65. The van der Waals surface area contributed by atoms with E-state index in [1.54, 1.807) is 21.3 Å². The van der Waals surface area contributed by atoms with E-state index < -0.39 is 0 Å². The number of carbonyl (C=O) groups excluding carboxylic acids is 2. The first kappa shape index (κ1) is 21.0. The summed E-state index contributed by atoms with van der Waals surface area (Å²) in [5, 5.41) is 2.97. The Morgan fingerprint density at radius 3 is 2.06 bits per heavy atom. The van der Waals surface area contributed by atoms with Crippen molar-refractivity contribution >= 4 is 11.7 Å². The van der Waals surface area contributed by atoms with Crippen LogP contribution in [0.25, 0.3) is 0 Å². The normalized spacial score (nSPS) is 20.8. The Balaban J connectivity index is 1.75. The van der Waals surface area contributed by atoms with Crippen molar-refractivity contribution in [1.82, 2.24) is 5.32 Å². The quantitative estimate of drug-likeness (QED) is 0.789. The SMILES string of the molecule is COc1cc(C2CC(=O)NC3=C2C(=O)CC(c2ccc(C)cc2)C3)cc(OC)c1OC. The molecule has 1 aliphatic heterocycles. The van der Waals surface area contributed by atoms with Crippen molar-refractivity contribution in [2.75, 3.05) is 21.3 Å². The molecule has 162 valence electrons. The van der Waals surface area contributed by atoms with Crippen LogP contribution in [0.2, 0.25) is 0 Å². The van der Waals surface area contributed by atoms with Crippen LogP contribution in [0.3, 0.4) is 0 Å². The van der Waals surface area contributed by atoms with Gasteiger partial charge >= 0.3 is 0 Å². The third-order valence-electron chi connectivity index (χ3n) is 6.17. The molecule has 2 aromatic rings. The van der Waals surface area contributed by atoms with Gasteiger partial charge in [0.05, 0.1) is 21.3 Å². The summed E-state index contributed by atoms with van der Waals surface area (Å²) in [4.78, 5) is 25.9. The number of methoxy groups -OCH3 is 3. The van der Waals surface area contributed by atoms with E-state index in [1.165, 1.54) is 5.56 Å². The average Bonchev–Trinajstić information content (AvgIpc) is 2.77. The van der Waals surface area contributed by atoms with Crippen LogP contribution in [-0.4, -0.2) is 33.0 Å². The number of amides is 1. The fraction of sp³-hybridized carbons (Fsp3) is 0.360. The van der Waals surface area contributed by atoms with Crippen molar-refractivity contribution < 1.29 is 23.8 Å². The summed E-state index contributed by atoms with van der Waals surface area (Å²) in [6.45, 7) is 2.04. The van der Waals surface area contributed by atoms with Gasteiger partial charge in [0.2, 0.25) is 11.7 Å².